The molecule has 1 aromatic carbocycles. The van der Waals surface area contributed by atoms with E-state index in [2.05, 4.69) is 45.8 Å². The molecule has 7 nitrogen and oxygen atoms in total. The van der Waals surface area contributed by atoms with E-state index in [0.717, 1.165) is 41.6 Å². The molecule has 0 saturated carbocycles. The van der Waals surface area contributed by atoms with Crippen molar-refractivity contribution in [2.75, 3.05) is 13.1 Å². The van der Waals surface area contributed by atoms with Gasteiger partial charge in [-0.05, 0) is 56.2 Å². The highest BCUT2D eigenvalue weighted by Crippen LogP contribution is 2.18. The highest BCUT2D eigenvalue weighted by Gasteiger charge is 2.28. The second-order valence-electron chi connectivity index (χ2n) is 7.84. The summed E-state index contributed by atoms with van der Waals surface area (Å²) in [7, 11) is 2.02. The third-order valence-electron chi connectivity index (χ3n) is 5.29. The summed E-state index contributed by atoms with van der Waals surface area (Å²) in [5.74, 6) is 2.06. The van der Waals surface area contributed by atoms with Crippen molar-refractivity contribution in [1.29, 1.82) is 0 Å². The summed E-state index contributed by atoms with van der Waals surface area (Å²) in [5, 5.41) is 12.9. The molecule has 2 aromatic rings. The number of phenols is 1. The Labute approximate surface area is 177 Å². The molecule has 3 heterocycles. The van der Waals surface area contributed by atoms with E-state index in [0.29, 0.717) is 12.6 Å². The van der Waals surface area contributed by atoms with E-state index in [1.807, 2.05) is 37.8 Å². The molecule has 0 spiro atoms. The summed E-state index contributed by atoms with van der Waals surface area (Å²) in [4.78, 5) is 16.6. The highest BCUT2D eigenvalue weighted by atomic mass is 16.3. The number of hydrogen-bond donors (Lipinski definition) is 2. The molecule has 1 aromatic heterocycles. The maximum atomic E-state index is 9.46. The fraction of sp³-hybridized carbons (Fsp3) is 0.348. The maximum absolute atomic E-state index is 9.46. The minimum atomic E-state index is -0.123. The molecule has 7 heteroatoms. The summed E-state index contributed by atoms with van der Waals surface area (Å²) in [6.07, 6.45) is 6.79. The fourth-order valence-corrected chi connectivity index (χ4v) is 3.63. The van der Waals surface area contributed by atoms with Crippen LogP contribution in [0.5, 0.6) is 5.75 Å². The Balaban J connectivity index is 1.58. The number of amidine groups is 1. The fourth-order valence-electron chi connectivity index (χ4n) is 3.63. The minimum Gasteiger partial charge on any atom is -0.508 e. The lowest BCUT2D eigenvalue weighted by molar-refractivity contribution is 0.475. The van der Waals surface area contributed by atoms with Gasteiger partial charge in [-0.25, -0.2) is 4.99 Å². The zero-order valence-electron chi connectivity index (χ0n) is 17.7. The van der Waals surface area contributed by atoms with Crippen LogP contribution in [0.4, 0.5) is 0 Å². The molecule has 1 atom stereocenters. The third kappa shape index (κ3) is 4.30. The lowest BCUT2D eigenvalue weighted by Gasteiger charge is -2.23. The number of nitrogens with zero attached hydrogens (tertiary/aromatic N) is 5. The van der Waals surface area contributed by atoms with Gasteiger partial charge in [0.15, 0.2) is 0 Å². The van der Waals surface area contributed by atoms with Gasteiger partial charge in [0.1, 0.15) is 23.4 Å². The van der Waals surface area contributed by atoms with E-state index >= 15 is 0 Å². The first-order chi connectivity index (χ1) is 14.5. The molecule has 30 heavy (non-hydrogen) atoms. The van der Waals surface area contributed by atoms with Gasteiger partial charge in [0, 0.05) is 25.8 Å². The van der Waals surface area contributed by atoms with Crippen LogP contribution in [0.15, 0.2) is 69.5 Å². The van der Waals surface area contributed by atoms with Crippen LogP contribution in [0.25, 0.3) is 0 Å². The third-order valence-corrected chi connectivity index (χ3v) is 5.29. The largest absolute Gasteiger partial charge is 0.508 e. The van der Waals surface area contributed by atoms with E-state index in [1.54, 1.807) is 12.1 Å². The molecule has 1 unspecified atom stereocenters. The molecule has 0 bridgehead atoms. The minimum absolute atomic E-state index is 0.123. The van der Waals surface area contributed by atoms with Crippen LogP contribution in [0.3, 0.4) is 0 Å². The van der Waals surface area contributed by atoms with E-state index < -0.39 is 0 Å². The summed E-state index contributed by atoms with van der Waals surface area (Å²) >= 11 is 0. The number of aromatic hydroxyl groups is 1. The Hall–Kier alpha value is -3.35. The van der Waals surface area contributed by atoms with Crippen LogP contribution in [0.1, 0.15) is 25.1 Å². The van der Waals surface area contributed by atoms with Gasteiger partial charge >= 0.3 is 0 Å². The topological polar surface area (TPSA) is 77.5 Å². The van der Waals surface area contributed by atoms with Crippen LogP contribution < -0.4 is 5.32 Å². The lowest BCUT2D eigenvalue weighted by atomic mass is 10.1. The molecule has 0 aliphatic carbocycles. The average molecular weight is 405 g/mol. The van der Waals surface area contributed by atoms with Gasteiger partial charge in [-0.2, -0.15) is 0 Å². The van der Waals surface area contributed by atoms with Crippen molar-refractivity contribution in [1.82, 2.24) is 14.8 Å². The van der Waals surface area contributed by atoms with Crippen molar-refractivity contribution in [2.45, 2.75) is 32.4 Å². The van der Waals surface area contributed by atoms with Crippen LogP contribution in [0, 0.1) is 0 Å². The summed E-state index contributed by atoms with van der Waals surface area (Å²) < 4.78 is 2.07. The first-order valence-electron chi connectivity index (χ1n) is 10.3. The Morgan fingerprint density at radius 1 is 1.20 bits per heavy atom. The Bertz CT molecular complexity index is 1010. The number of nitrogens with one attached hydrogen (secondary N) is 1. The average Bonchev–Trinajstić information content (AvgIpc) is 3.30. The van der Waals surface area contributed by atoms with E-state index in [9.17, 15) is 5.11 Å². The molecule has 0 amide bonds. The molecule has 4 rings (SSSR count). The number of fused-ring (bicyclic) bond motifs is 1. The SMILES string of the molecule is CC(C)N1C=NC2C=C(NCCc3ccc(O)cc3)/N=C(/c3cccn3C)CN=C21. The van der Waals surface area contributed by atoms with E-state index in [4.69, 9.17) is 9.98 Å². The molecule has 156 valence electrons. The van der Waals surface area contributed by atoms with Crippen molar-refractivity contribution in [3.05, 3.63) is 65.7 Å². The number of aromatic nitrogens is 1. The molecule has 2 aliphatic heterocycles. The Morgan fingerprint density at radius 3 is 2.70 bits per heavy atom. The van der Waals surface area contributed by atoms with Gasteiger partial charge in [0.2, 0.25) is 0 Å². The maximum Gasteiger partial charge on any atom is 0.134 e. The molecule has 2 aliphatic rings. The van der Waals surface area contributed by atoms with E-state index in [1.165, 1.54) is 0 Å². The van der Waals surface area contributed by atoms with Crippen molar-refractivity contribution in [2.24, 2.45) is 22.0 Å². The molecule has 0 fully saturated rings. The molecular formula is C23H28N6O. The summed E-state index contributed by atoms with van der Waals surface area (Å²) in [6.45, 7) is 5.52. The van der Waals surface area contributed by atoms with Crippen LogP contribution in [-0.4, -0.2) is 57.6 Å². The molecule has 0 radical (unpaired) electrons. The first kappa shape index (κ1) is 19.9. The van der Waals surface area contributed by atoms with Gasteiger partial charge in [-0.1, -0.05) is 12.1 Å². The number of rotatable bonds is 6. The van der Waals surface area contributed by atoms with E-state index in [-0.39, 0.29) is 11.8 Å². The second-order valence-corrected chi connectivity index (χ2v) is 7.84. The quantitative estimate of drug-likeness (QED) is 0.777. The summed E-state index contributed by atoms with van der Waals surface area (Å²) in [6, 6.07) is 11.6. The standard InChI is InChI=1S/C23H28N6O/c1-16(2)29-15-26-19-13-22(24-11-10-17-6-8-18(30)9-7-17)27-20(14-25-23(19)29)21-5-4-12-28(21)3/h4-9,12-13,15-16,19,24,30H,10-11,14H2,1-3H3/b22-13?,25-23?,27-20+. The van der Waals surface area contributed by atoms with Gasteiger partial charge in [-0.3, -0.25) is 9.98 Å². The van der Waals surface area contributed by atoms with Gasteiger partial charge in [0.25, 0.3) is 0 Å². The normalized spacial score (nSPS) is 20.2. The van der Waals surface area contributed by atoms with Crippen LogP contribution in [-0.2, 0) is 13.5 Å². The zero-order valence-corrected chi connectivity index (χ0v) is 17.7. The van der Waals surface area contributed by atoms with Crippen molar-refractivity contribution >= 4 is 17.9 Å². The predicted molar refractivity (Wildman–Crippen MR) is 121 cm³/mol. The van der Waals surface area contributed by atoms with Gasteiger partial charge < -0.3 is 19.9 Å². The molecule has 2 N–H and O–H groups in total. The van der Waals surface area contributed by atoms with Crippen molar-refractivity contribution < 1.29 is 5.11 Å². The predicted octanol–water partition coefficient (Wildman–Crippen LogP) is 2.73. The van der Waals surface area contributed by atoms with Gasteiger partial charge in [0.05, 0.1) is 24.3 Å². The number of phenolic OH excluding ortho intramolecular Hbond substituents is 1. The number of benzene rings is 1. The van der Waals surface area contributed by atoms with Crippen molar-refractivity contribution in [3.8, 4) is 5.75 Å². The molecule has 0 saturated heterocycles. The monoisotopic (exact) mass is 404 g/mol. The first-order valence-corrected chi connectivity index (χ1v) is 10.3. The van der Waals surface area contributed by atoms with Crippen LogP contribution in [0.2, 0.25) is 0 Å². The smallest absolute Gasteiger partial charge is 0.134 e. The Morgan fingerprint density at radius 2 is 2.00 bits per heavy atom. The lowest BCUT2D eigenvalue weighted by Crippen LogP contribution is -2.37. The van der Waals surface area contributed by atoms with Crippen LogP contribution >= 0.6 is 0 Å². The molecular weight excluding hydrogens is 376 g/mol. The number of aryl methyl sites for hydroxylation is 1. The second kappa shape index (κ2) is 8.57. The highest BCUT2D eigenvalue weighted by molar-refractivity contribution is 6.06. The summed E-state index contributed by atoms with van der Waals surface area (Å²) in [5.41, 5.74) is 3.14. The van der Waals surface area contributed by atoms with Crippen molar-refractivity contribution in [3.63, 3.8) is 0 Å². The number of hydrogen-bond acceptors (Lipinski definition) is 6. The number of aliphatic imine (C=N–C) groups is 3. The van der Waals surface area contributed by atoms with Gasteiger partial charge in [-0.15, -0.1) is 0 Å². The Kier molecular flexibility index (Phi) is 5.70. The zero-order chi connectivity index (χ0) is 21.1.